The van der Waals surface area contributed by atoms with Gasteiger partial charge in [0.15, 0.2) is 0 Å². The van der Waals surface area contributed by atoms with E-state index in [1.807, 2.05) is 12.1 Å². The molecule has 3 N–H and O–H groups in total. The van der Waals surface area contributed by atoms with Crippen molar-refractivity contribution in [3.05, 3.63) is 33.3 Å². The molecule has 0 saturated heterocycles. The average Bonchev–Trinajstić information content (AvgIpc) is 2.60. The molecule has 3 aromatic rings. The lowest BCUT2D eigenvalue weighted by molar-refractivity contribution is 0.890. The number of nitrogens with zero attached hydrogens (tertiary/aromatic N) is 2. The molecule has 0 bridgehead atoms. The standard InChI is InChI=1S/C11H9BrN4O/c1-16-7-4-14-6-3-2-5(12)9(13)8(6)10(7)15-11(16)17/h2-4H,13H2,1H3,(H,15,17). The predicted octanol–water partition coefficient (Wildman–Crippen LogP) is 1.76. The van der Waals surface area contributed by atoms with E-state index in [-0.39, 0.29) is 5.69 Å². The topological polar surface area (TPSA) is 76.7 Å². The number of nitrogen functional groups attached to an aromatic ring is 1. The zero-order valence-corrected chi connectivity index (χ0v) is 10.6. The van der Waals surface area contributed by atoms with E-state index >= 15 is 0 Å². The number of aryl methyl sites for hydroxylation is 1. The molecule has 5 nitrogen and oxygen atoms in total. The summed E-state index contributed by atoms with van der Waals surface area (Å²) in [5.74, 6) is 0. The lowest BCUT2D eigenvalue weighted by atomic mass is 10.1. The van der Waals surface area contributed by atoms with Crippen LogP contribution in [0.5, 0.6) is 0 Å². The monoisotopic (exact) mass is 292 g/mol. The van der Waals surface area contributed by atoms with Crippen LogP contribution in [0.2, 0.25) is 0 Å². The molecule has 6 heteroatoms. The molecule has 0 saturated carbocycles. The van der Waals surface area contributed by atoms with Gasteiger partial charge in [0.2, 0.25) is 0 Å². The number of halogens is 1. The maximum atomic E-state index is 11.6. The highest BCUT2D eigenvalue weighted by molar-refractivity contribution is 9.10. The minimum absolute atomic E-state index is 0.173. The third kappa shape index (κ3) is 1.30. The first-order valence-corrected chi connectivity index (χ1v) is 5.80. The van der Waals surface area contributed by atoms with Crippen LogP contribution in [-0.2, 0) is 7.05 Å². The summed E-state index contributed by atoms with van der Waals surface area (Å²) >= 11 is 3.38. The van der Waals surface area contributed by atoms with Gasteiger partial charge in [-0.2, -0.15) is 0 Å². The summed E-state index contributed by atoms with van der Waals surface area (Å²) in [6, 6.07) is 3.71. The Balaban J connectivity index is 2.67. The molecule has 0 aliphatic rings. The Bertz CT molecular complexity index is 802. The highest BCUT2D eigenvalue weighted by Gasteiger charge is 2.11. The highest BCUT2D eigenvalue weighted by Crippen LogP contribution is 2.31. The van der Waals surface area contributed by atoms with E-state index in [1.165, 1.54) is 4.57 Å². The number of hydrogen-bond acceptors (Lipinski definition) is 3. The highest BCUT2D eigenvalue weighted by atomic mass is 79.9. The minimum Gasteiger partial charge on any atom is -0.397 e. The van der Waals surface area contributed by atoms with E-state index in [0.29, 0.717) is 5.69 Å². The zero-order chi connectivity index (χ0) is 12.2. The second-order valence-electron chi connectivity index (χ2n) is 3.86. The van der Waals surface area contributed by atoms with E-state index in [4.69, 9.17) is 5.73 Å². The van der Waals surface area contributed by atoms with Crippen molar-refractivity contribution in [2.24, 2.45) is 7.05 Å². The summed E-state index contributed by atoms with van der Waals surface area (Å²) in [4.78, 5) is 18.7. The summed E-state index contributed by atoms with van der Waals surface area (Å²) in [6.07, 6.45) is 1.67. The summed E-state index contributed by atoms with van der Waals surface area (Å²) < 4.78 is 2.31. The summed E-state index contributed by atoms with van der Waals surface area (Å²) in [5, 5.41) is 0.773. The molecule has 0 spiro atoms. The predicted molar refractivity (Wildman–Crippen MR) is 71.0 cm³/mol. The van der Waals surface area contributed by atoms with Crippen molar-refractivity contribution in [1.29, 1.82) is 0 Å². The number of nitrogens with one attached hydrogen (secondary N) is 1. The molecule has 3 rings (SSSR count). The van der Waals surface area contributed by atoms with Gasteiger partial charge in [0.25, 0.3) is 0 Å². The fourth-order valence-corrected chi connectivity index (χ4v) is 2.29. The van der Waals surface area contributed by atoms with E-state index in [9.17, 15) is 4.79 Å². The smallest absolute Gasteiger partial charge is 0.326 e. The number of aromatic amines is 1. The van der Waals surface area contributed by atoms with Crippen molar-refractivity contribution in [2.45, 2.75) is 0 Å². The second kappa shape index (κ2) is 3.33. The van der Waals surface area contributed by atoms with Crippen LogP contribution in [0.4, 0.5) is 5.69 Å². The first-order chi connectivity index (χ1) is 8.09. The van der Waals surface area contributed by atoms with Gasteiger partial charge in [0.05, 0.1) is 33.8 Å². The van der Waals surface area contributed by atoms with Crippen LogP contribution in [0.3, 0.4) is 0 Å². The summed E-state index contributed by atoms with van der Waals surface area (Å²) in [7, 11) is 1.70. The first kappa shape index (κ1) is 10.3. The Morgan fingerprint density at radius 2 is 2.24 bits per heavy atom. The number of nitrogens with two attached hydrogens (primary N) is 1. The summed E-state index contributed by atoms with van der Waals surface area (Å²) in [5.41, 5.74) is 8.67. The molecule has 0 aliphatic carbocycles. The lowest BCUT2D eigenvalue weighted by Gasteiger charge is -2.04. The van der Waals surface area contributed by atoms with Crippen molar-refractivity contribution in [2.75, 3.05) is 5.73 Å². The Morgan fingerprint density at radius 3 is 3.00 bits per heavy atom. The average molecular weight is 293 g/mol. The molecule has 0 amide bonds. The summed E-state index contributed by atoms with van der Waals surface area (Å²) in [6.45, 7) is 0. The maximum Gasteiger partial charge on any atom is 0.326 e. The molecule has 2 heterocycles. The molecule has 1 aromatic carbocycles. The third-order valence-corrected chi connectivity index (χ3v) is 3.59. The van der Waals surface area contributed by atoms with Gasteiger partial charge in [0, 0.05) is 11.5 Å². The number of H-pyrrole nitrogens is 1. The number of rotatable bonds is 0. The Labute approximate surface area is 104 Å². The Morgan fingerprint density at radius 1 is 1.47 bits per heavy atom. The molecule has 0 atom stereocenters. The Kier molecular flexibility index (Phi) is 2.03. The van der Waals surface area contributed by atoms with Crippen molar-refractivity contribution < 1.29 is 0 Å². The molecule has 17 heavy (non-hydrogen) atoms. The number of aromatic nitrogens is 3. The van der Waals surface area contributed by atoms with Crippen LogP contribution in [0.15, 0.2) is 27.6 Å². The fraction of sp³-hybridized carbons (Fsp3) is 0.0909. The van der Waals surface area contributed by atoms with Gasteiger partial charge in [-0.15, -0.1) is 0 Å². The van der Waals surface area contributed by atoms with E-state index in [1.54, 1.807) is 13.2 Å². The second-order valence-corrected chi connectivity index (χ2v) is 4.72. The van der Waals surface area contributed by atoms with Gasteiger partial charge >= 0.3 is 5.69 Å². The molecule has 0 fully saturated rings. The molecular formula is C11H9BrN4O. The van der Waals surface area contributed by atoms with Crippen LogP contribution in [-0.4, -0.2) is 14.5 Å². The first-order valence-electron chi connectivity index (χ1n) is 5.01. The molecule has 0 unspecified atom stereocenters. The van der Waals surface area contributed by atoms with Crippen LogP contribution < -0.4 is 11.4 Å². The van der Waals surface area contributed by atoms with Crippen molar-refractivity contribution >= 4 is 43.6 Å². The van der Waals surface area contributed by atoms with E-state index in [0.717, 1.165) is 26.4 Å². The van der Waals surface area contributed by atoms with Gasteiger partial charge in [-0.05, 0) is 28.1 Å². The van der Waals surface area contributed by atoms with Gasteiger partial charge in [-0.1, -0.05) is 0 Å². The molecule has 0 aliphatic heterocycles. The fourth-order valence-electron chi connectivity index (χ4n) is 1.96. The largest absolute Gasteiger partial charge is 0.397 e. The van der Waals surface area contributed by atoms with E-state index in [2.05, 4.69) is 25.9 Å². The molecule has 2 aromatic heterocycles. The van der Waals surface area contributed by atoms with Gasteiger partial charge < -0.3 is 10.7 Å². The van der Waals surface area contributed by atoms with Crippen LogP contribution in [0.1, 0.15) is 0 Å². The molecule has 86 valence electrons. The number of fused-ring (bicyclic) bond motifs is 3. The number of benzene rings is 1. The molecular weight excluding hydrogens is 284 g/mol. The number of imidazole rings is 1. The normalized spacial score (nSPS) is 11.4. The van der Waals surface area contributed by atoms with Crippen LogP contribution in [0.25, 0.3) is 21.9 Å². The molecule has 0 radical (unpaired) electrons. The van der Waals surface area contributed by atoms with Crippen molar-refractivity contribution in [3.63, 3.8) is 0 Å². The maximum absolute atomic E-state index is 11.6. The van der Waals surface area contributed by atoms with Crippen molar-refractivity contribution in [1.82, 2.24) is 14.5 Å². The third-order valence-electron chi connectivity index (χ3n) is 2.90. The lowest BCUT2D eigenvalue weighted by Crippen LogP contribution is -2.11. The zero-order valence-electron chi connectivity index (χ0n) is 8.99. The number of hydrogen-bond donors (Lipinski definition) is 2. The van der Waals surface area contributed by atoms with Crippen molar-refractivity contribution in [3.8, 4) is 0 Å². The van der Waals surface area contributed by atoms with Gasteiger partial charge in [-0.3, -0.25) is 9.55 Å². The van der Waals surface area contributed by atoms with Gasteiger partial charge in [-0.25, -0.2) is 4.79 Å². The minimum atomic E-state index is -0.173. The van der Waals surface area contributed by atoms with Crippen LogP contribution in [0, 0.1) is 0 Å². The SMILES string of the molecule is Cn1c(=O)[nH]c2c3c(N)c(Br)ccc3ncc21. The van der Waals surface area contributed by atoms with E-state index < -0.39 is 0 Å². The Hall–Kier alpha value is -1.82. The van der Waals surface area contributed by atoms with Crippen LogP contribution >= 0.6 is 15.9 Å². The van der Waals surface area contributed by atoms with Gasteiger partial charge in [0.1, 0.15) is 0 Å². The quantitative estimate of drug-likeness (QED) is 0.620. The number of anilines is 1. The number of pyridine rings is 1.